The second-order valence-corrected chi connectivity index (χ2v) is 6.76. The molecule has 0 radical (unpaired) electrons. The van der Waals surface area contributed by atoms with Crippen LogP contribution < -0.4 is 9.64 Å². The van der Waals surface area contributed by atoms with Gasteiger partial charge in [-0.25, -0.2) is 4.79 Å². The summed E-state index contributed by atoms with van der Waals surface area (Å²) >= 11 is 1.58. The van der Waals surface area contributed by atoms with Crippen LogP contribution in [0.1, 0.15) is 22.3 Å². The Kier molecular flexibility index (Phi) is 5.83. The fourth-order valence-corrected chi connectivity index (χ4v) is 3.22. The number of carbonyl (C=O) groups excluding carboxylic acids is 1. The number of anilines is 1. The highest BCUT2D eigenvalue weighted by Gasteiger charge is 2.23. The lowest BCUT2D eigenvalue weighted by Crippen LogP contribution is -2.45. The molecule has 0 aliphatic carbocycles. The molecule has 1 aromatic heterocycles. The molecule has 1 fully saturated rings. The van der Waals surface area contributed by atoms with Crippen LogP contribution in [0.5, 0.6) is 5.75 Å². The van der Waals surface area contributed by atoms with E-state index in [9.17, 15) is 4.79 Å². The fourth-order valence-electron chi connectivity index (χ4n) is 2.50. The second kappa shape index (κ2) is 8.26. The van der Waals surface area contributed by atoms with Gasteiger partial charge in [-0.1, -0.05) is 11.3 Å². The van der Waals surface area contributed by atoms with Crippen molar-refractivity contribution < 1.29 is 19.0 Å². The Morgan fingerprint density at radius 1 is 1.36 bits per heavy atom. The van der Waals surface area contributed by atoms with Crippen molar-refractivity contribution in [2.45, 2.75) is 20.0 Å². The van der Waals surface area contributed by atoms with Gasteiger partial charge in [0.2, 0.25) is 5.13 Å². The Hall–Kier alpha value is -2.19. The second-order valence-electron chi connectivity index (χ2n) is 5.60. The van der Waals surface area contributed by atoms with Gasteiger partial charge in [0.05, 0.1) is 18.8 Å². The van der Waals surface area contributed by atoms with Gasteiger partial charge >= 0.3 is 5.97 Å². The molecule has 3 rings (SSSR count). The maximum Gasteiger partial charge on any atom is 0.338 e. The molecule has 0 N–H and O–H groups in total. The van der Waals surface area contributed by atoms with Crippen LogP contribution in [-0.2, 0) is 9.47 Å². The maximum atomic E-state index is 11.6. The normalized spacial score (nSPS) is 17.4. The Morgan fingerprint density at radius 3 is 2.84 bits per heavy atom. The Morgan fingerprint density at radius 2 is 2.16 bits per heavy atom. The molecule has 1 aliphatic rings. The minimum Gasteiger partial charge on any atom is -0.491 e. The van der Waals surface area contributed by atoms with Gasteiger partial charge in [0.1, 0.15) is 23.5 Å². The van der Waals surface area contributed by atoms with Crippen LogP contribution in [0.15, 0.2) is 24.3 Å². The molecule has 2 heterocycles. The van der Waals surface area contributed by atoms with Gasteiger partial charge in [-0.3, -0.25) is 0 Å². The van der Waals surface area contributed by atoms with Crippen LogP contribution >= 0.6 is 11.3 Å². The smallest absolute Gasteiger partial charge is 0.338 e. The number of rotatable bonds is 6. The lowest BCUT2D eigenvalue weighted by Gasteiger charge is -2.32. The van der Waals surface area contributed by atoms with Crippen LogP contribution in [-0.4, -0.2) is 55.2 Å². The van der Waals surface area contributed by atoms with E-state index in [0.717, 1.165) is 23.2 Å². The molecule has 1 aliphatic heterocycles. The third kappa shape index (κ3) is 4.67. The van der Waals surface area contributed by atoms with E-state index >= 15 is 0 Å². The predicted molar refractivity (Wildman–Crippen MR) is 94.5 cm³/mol. The average molecular weight is 363 g/mol. The molecule has 0 spiro atoms. The Bertz CT molecular complexity index is 704. The predicted octanol–water partition coefficient (Wildman–Crippen LogP) is 2.31. The first kappa shape index (κ1) is 17.6. The molecule has 2 aromatic rings. The lowest BCUT2D eigenvalue weighted by molar-refractivity contribution is 0.0102. The number of aryl methyl sites for hydroxylation is 1. The summed E-state index contributed by atoms with van der Waals surface area (Å²) < 4.78 is 16.5. The number of hydrogen-bond acceptors (Lipinski definition) is 8. The van der Waals surface area contributed by atoms with E-state index < -0.39 is 0 Å². The number of morpholine rings is 1. The monoisotopic (exact) mass is 363 g/mol. The van der Waals surface area contributed by atoms with Gasteiger partial charge in [-0.2, -0.15) is 0 Å². The highest BCUT2D eigenvalue weighted by Crippen LogP contribution is 2.22. The summed E-state index contributed by atoms with van der Waals surface area (Å²) in [5, 5.41) is 10.1. The van der Waals surface area contributed by atoms with E-state index in [0.29, 0.717) is 31.1 Å². The number of ether oxygens (including phenoxy) is 3. The highest BCUT2D eigenvalue weighted by molar-refractivity contribution is 7.15. The molecule has 0 amide bonds. The van der Waals surface area contributed by atoms with Gasteiger partial charge in [0, 0.05) is 13.1 Å². The van der Waals surface area contributed by atoms with Crippen LogP contribution in [0.2, 0.25) is 0 Å². The lowest BCUT2D eigenvalue weighted by atomic mass is 10.2. The number of carbonyl (C=O) groups is 1. The van der Waals surface area contributed by atoms with Gasteiger partial charge in [0.15, 0.2) is 0 Å². The number of hydrogen-bond donors (Lipinski definition) is 0. The topological polar surface area (TPSA) is 73.8 Å². The fraction of sp³-hybridized carbons (Fsp3) is 0.471. The van der Waals surface area contributed by atoms with Crippen molar-refractivity contribution in [2.24, 2.45) is 0 Å². The largest absolute Gasteiger partial charge is 0.491 e. The van der Waals surface area contributed by atoms with Gasteiger partial charge in [0.25, 0.3) is 0 Å². The molecule has 1 saturated heterocycles. The summed E-state index contributed by atoms with van der Waals surface area (Å²) in [6.45, 7) is 6.69. The molecule has 8 heteroatoms. The molecule has 0 saturated carbocycles. The first-order valence-electron chi connectivity index (χ1n) is 8.22. The molecule has 1 unspecified atom stereocenters. The first-order chi connectivity index (χ1) is 12.2. The van der Waals surface area contributed by atoms with Crippen molar-refractivity contribution in [3.05, 3.63) is 34.8 Å². The minimum absolute atomic E-state index is 0.0392. The molecule has 25 heavy (non-hydrogen) atoms. The van der Waals surface area contributed by atoms with E-state index in [1.807, 2.05) is 6.92 Å². The highest BCUT2D eigenvalue weighted by atomic mass is 32.1. The molecule has 1 atom stereocenters. The third-order valence-electron chi connectivity index (χ3n) is 3.73. The van der Waals surface area contributed by atoms with Gasteiger partial charge in [-0.15, -0.1) is 10.2 Å². The third-order valence-corrected chi connectivity index (χ3v) is 4.63. The van der Waals surface area contributed by atoms with Gasteiger partial charge < -0.3 is 19.1 Å². The zero-order valence-electron chi connectivity index (χ0n) is 14.3. The van der Waals surface area contributed by atoms with E-state index in [1.165, 1.54) is 0 Å². The first-order valence-corrected chi connectivity index (χ1v) is 9.04. The summed E-state index contributed by atoms with van der Waals surface area (Å²) in [5.74, 6) is 0.369. The van der Waals surface area contributed by atoms with Crippen LogP contribution in [0.25, 0.3) is 0 Å². The van der Waals surface area contributed by atoms with E-state index in [1.54, 1.807) is 42.5 Å². The Balaban J connectivity index is 1.52. The number of esters is 1. The average Bonchev–Trinajstić information content (AvgIpc) is 3.07. The minimum atomic E-state index is -0.326. The SMILES string of the molecule is CCOC(=O)c1ccc(OCC2CN(c3nnc(C)s3)CCO2)cc1. The van der Waals surface area contributed by atoms with Crippen molar-refractivity contribution in [1.82, 2.24) is 10.2 Å². The van der Waals surface area contributed by atoms with Crippen molar-refractivity contribution in [2.75, 3.05) is 37.8 Å². The van der Waals surface area contributed by atoms with Crippen LogP contribution in [0.4, 0.5) is 5.13 Å². The zero-order valence-corrected chi connectivity index (χ0v) is 15.1. The summed E-state index contributed by atoms with van der Waals surface area (Å²) in [6, 6.07) is 6.93. The Labute approximate surface area is 150 Å². The summed E-state index contributed by atoms with van der Waals surface area (Å²) in [7, 11) is 0. The molecule has 134 valence electrons. The summed E-state index contributed by atoms with van der Waals surface area (Å²) in [4.78, 5) is 13.8. The molecular formula is C17H21N3O4S. The van der Waals surface area contributed by atoms with E-state index in [2.05, 4.69) is 15.1 Å². The molecule has 0 bridgehead atoms. The van der Waals surface area contributed by atoms with Crippen LogP contribution in [0.3, 0.4) is 0 Å². The van der Waals surface area contributed by atoms with Crippen molar-refractivity contribution in [3.63, 3.8) is 0 Å². The number of aromatic nitrogens is 2. The number of benzene rings is 1. The quantitative estimate of drug-likeness (QED) is 0.729. The molecule has 7 nitrogen and oxygen atoms in total. The van der Waals surface area contributed by atoms with Crippen molar-refractivity contribution in [3.8, 4) is 5.75 Å². The summed E-state index contributed by atoms with van der Waals surface area (Å²) in [6.07, 6.45) is -0.0392. The van der Waals surface area contributed by atoms with Crippen molar-refractivity contribution in [1.29, 1.82) is 0 Å². The maximum absolute atomic E-state index is 11.6. The van der Waals surface area contributed by atoms with Crippen LogP contribution in [0, 0.1) is 6.92 Å². The van der Waals surface area contributed by atoms with Gasteiger partial charge in [-0.05, 0) is 38.1 Å². The molecular weight excluding hydrogens is 342 g/mol. The van der Waals surface area contributed by atoms with Crippen molar-refractivity contribution >= 4 is 22.4 Å². The van der Waals surface area contributed by atoms with E-state index in [-0.39, 0.29) is 12.1 Å². The summed E-state index contributed by atoms with van der Waals surface area (Å²) in [5.41, 5.74) is 0.515. The zero-order chi connectivity index (χ0) is 17.6. The number of nitrogens with zero attached hydrogens (tertiary/aromatic N) is 3. The molecule has 1 aromatic carbocycles. The van der Waals surface area contributed by atoms with E-state index in [4.69, 9.17) is 14.2 Å². The standard InChI is InChI=1S/C17H21N3O4S/c1-3-22-16(21)13-4-6-14(7-5-13)24-11-15-10-20(8-9-23-15)17-19-18-12(2)25-17/h4-7,15H,3,8-11H2,1-2H3.